The quantitative estimate of drug-likeness (QED) is 0.611. The molecule has 3 N–H and O–H groups in total. The Morgan fingerprint density at radius 3 is 2.46 bits per heavy atom. The van der Waals surface area contributed by atoms with Crippen LogP contribution < -0.4 is 5.32 Å². The van der Waals surface area contributed by atoms with Crippen LogP contribution >= 0.6 is 0 Å². The lowest BCUT2D eigenvalue weighted by Gasteiger charge is -2.38. The summed E-state index contributed by atoms with van der Waals surface area (Å²) < 4.78 is 0. The van der Waals surface area contributed by atoms with Gasteiger partial charge in [-0.2, -0.15) is 0 Å². The van der Waals surface area contributed by atoms with Crippen molar-refractivity contribution in [2.75, 3.05) is 0 Å². The highest BCUT2D eigenvalue weighted by Gasteiger charge is 2.34. The van der Waals surface area contributed by atoms with Crippen LogP contribution in [0.4, 0.5) is 4.79 Å². The van der Waals surface area contributed by atoms with Gasteiger partial charge in [0.15, 0.2) is 0 Å². The molecule has 1 amide bonds. The Balaban J connectivity index is 2.55. The summed E-state index contributed by atoms with van der Waals surface area (Å²) in [5.41, 5.74) is -0.287. The molecule has 0 unspecified atom stereocenters. The van der Waals surface area contributed by atoms with Crippen molar-refractivity contribution in [1.82, 2.24) is 5.32 Å². The maximum absolute atomic E-state index is 10.5. The third kappa shape index (κ3) is 2.59. The Kier molecular flexibility index (Phi) is 3.14. The zero-order valence-corrected chi connectivity index (χ0v) is 7.92. The molecular weight excluding hydrogens is 170 g/mol. The molecule has 0 heterocycles. The van der Waals surface area contributed by atoms with E-state index in [1.807, 2.05) is 6.92 Å². The van der Waals surface area contributed by atoms with E-state index in [-0.39, 0.29) is 11.6 Å². The van der Waals surface area contributed by atoms with Crippen molar-refractivity contribution >= 4 is 6.09 Å². The fourth-order valence-electron chi connectivity index (χ4n) is 1.95. The first kappa shape index (κ1) is 10.3. The van der Waals surface area contributed by atoms with Gasteiger partial charge in [0, 0.05) is 5.54 Å². The number of carboxylic acid groups (broad SMARTS) is 1. The molecule has 0 radical (unpaired) electrons. The van der Waals surface area contributed by atoms with E-state index in [2.05, 4.69) is 5.32 Å². The number of nitrogens with one attached hydrogen (secondary N) is 1. The van der Waals surface area contributed by atoms with Crippen LogP contribution in [0, 0.1) is 0 Å². The second kappa shape index (κ2) is 3.96. The minimum Gasteiger partial charge on any atom is -0.465 e. The smallest absolute Gasteiger partial charge is 0.405 e. The summed E-state index contributed by atoms with van der Waals surface area (Å²) in [6.07, 6.45) is 2.50. The third-order valence-corrected chi connectivity index (χ3v) is 2.96. The van der Waals surface area contributed by atoms with Gasteiger partial charge < -0.3 is 15.5 Å². The van der Waals surface area contributed by atoms with Gasteiger partial charge in [0.05, 0.1) is 6.10 Å². The normalized spacial score (nSPS) is 34.2. The van der Waals surface area contributed by atoms with Crippen LogP contribution in [-0.2, 0) is 0 Å². The predicted octanol–water partition coefficient (Wildman–Crippen LogP) is 1.34. The molecule has 0 aromatic rings. The summed E-state index contributed by atoms with van der Waals surface area (Å²) >= 11 is 0. The van der Waals surface area contributed by atoms with Gasteiger partial charge in [0.1, 0.15) is 0 Å². The van der Waals surface area contributed by atoms with E-state index in [1.165, 1.54) is 0 Å². The molecule has 1 aliphatic carbocycles. The first-order chi connectivity index (χ1) is 6.08. The number of rotatable bonds is 2. The van der Waals surface area contributed by atoms with E-state index < -0.39 is 6.09 Å². The zero-order chi connectivity index (χ0) is 9.90. The molecule has 1 aliphatic rings. The van der Waals surface area contributed by atoms with Crippen molar-refractivity contribution in [3.63, 3.8) is 0 Å². The molecule has 0 aromatic carbocycles. The number of hydrogen-bond acceptors (Lipinski definition) is 2. The van der Waals surface area contributed by atoms with Crippen LogP contribution in [0.2, 0.25) is 0 Å². The van der Waals surface area contributed by atoms with Gasteiger partial charge in [-0.1, -0.05) is 6.92 Å². The fourth-order valence-corrected chi connectivity index (χ4v) is 1.95. The first-order valence-electron chi connectivity index (χ1n) is 4.77. The van der Waals surface area contributed by atoms with Crippen molar-refractivity contribution in [3.05, 3.63) is 0 Å². The van der Waals surface area contributed by atoms with Crippen molar-refractivity contribution in [2.45, 2.75) is 50.7 Å². The number of carbonyl (C=O) groups is 1. The number of amides is 1. The van der Waals surface area contributed by atoms with E-state index in [0.29, 0.717) is 12.8 Å². The number of aliphatic hydroxyl groups is 1. The fraction of sp³-hybridized carbons (Fsp3) is 0.889. The van der Waals surface area contributed by atoms with Crippen molar-refractivity contribution in [2.24, 2.45) is 0 Å². The third-order valence-electron chi connectivity index (χ3n) is 2.96. The standard InChI is InChI=1S/C9H17NO3/c1-2-9(10-8(12)13)5-3-7(11)4-6-9/h7,10-11H,2-6H2,1H3,(H,12,13). The van der Waals surface area contributed by atoms with Crippen molar-refractivity contribution in [1.29, 1.82) is 0 Å². The molecule has 0 atom stereocenters. The zero-order valence-electron chi connectivity index (χ0n) is 7.92. The maximum atomic E-state index is 10.5. The largest absolute Gasteiger partial charge is 0.465 e. The van der Waals surface area contributed by atoms with Crippen LogP contribution in [0.25, 0.3) is 0 Å². The van der Waals surface area contributed by atoms with Gasteiger partial charge in [-0.05, 0) is 32.1 Å². The molecule has 76 valence electrons. The Bertz CT molecular complexity index is 185. The first-order valence-corrected chi connectivity index (χ1v) is 4.77. The van der Waals surface area contributed by atoms with Gasteiger partial charge in [-0.3, -0.25) is 0 Å². The highest BCUT2D eigenvalue weighted by Crippen LogP contribution is 2.30. The predicted molar refractivity (Wildman–Crippen MR) is 48.7 cm³/mol. The van der Waals surface area contributed by atoms with E-state index in [1.54, 1.807) is 0 Å². The molecule has 4 nitrogen and oxygen atoms in total. The Hall–Kier alpha value is -0.770. The van der Waals surface area contributed by atoms with Gasteiger partial charge in [0.25, 0.3) is 0 Å². The Labute approximate surface area is 78.0 Å². The molecule has 0 aliphatic heterocycles. The Morgan fingerprint density at radius 1 is 1.54 bits per heavy atom. The second-order valence-electron chi connectivity index (χ2n) is 3.80. The Morgan fingerprint density at radius 2 is 2.08 bits per heavy atom. The number of aliphatic hydroxyl groups excluding tert-OH is 1. The van der Waals surface area contributed by atoms with Crippen molar-refractivity contribution in [3.8, 4) is 0 Å². The summed E-state index contributed by atoms with van der Waals surface area (Å²) in [5, 5.41) is 20.5. The molecule has 1 rings (SSSR count). The lowest BCUT2D eigenvalue weighted by atomic mass is 9.79. The van der Waals surface area contributed by atoms with E-state index in [4.69, 9.17) is 5.11 Å². The minimum absolute atomic E-state index is 0.240. The highest BCUT2D eigenvalue weighted by atomic mass is 16.4. The molecule has 1 fully saturated rings. The summed E-state index contributed by atoms with van der Waals surface area (Å²) in [4.78, 5) is 10.5. The van der Waals surface area contributed by atoms with Crippen LogP contribution in [-0.4, -0.2) is 27.9 Å². The average molecular weight is 187 g/mol. The van der Waals surface area contributed by atoms with E-state index in [9.17, 15) is 9.90 Å². The minimum atomic E-state index is -0.960. The van der Waals surface area contributed by atoms with E-state index >= 15 is 0 Å². The lowest BCUT2D eigenvalue weighted by molar-refractivity contribution is 0.0795. The van der Waals surface area contributed by atoms with Crippen LogP contribution in [0.5, 0.6) is 0 Å². The topological polar surface area (TPSA) is 69.6 Å². The lowest BCUT2D eigenvalue weighted by Crippen LogP contribution is -2.50. The monoisotopic (exact) mass is 187 g/mol. The highest BCUT2D eigenvalue weighted by molar-refractivity contribution is 5.65. The summed E-state index contributed by atoms with van der Waals surface area (Å²) in [6.45, 7) is 1.98. The van der Waals surface area contributed by atoms with Crippen LogP contribution in [0.1, 0.15) is 39.0 Å². The summed E-state index contributed by atoms with van der Waals surface area (Å²) in [7, 11) is 0. The van der Waals surface area contributed by atoms with Gasteiger partial charge in [-0.15, -0.1) is 0 Å². The molecule has 0 bridgehead atoms. The van der Waals surface area contributed by atoms with Gasteiger partial charge >= 0.3 is 6.09 Å². The van der Waals surface area contributed by atoms with Gasteiger partial charge in [0.2, 0.25) is 0 Å². The molecule has 0 saturated heterocycles. The van der Waals surface area contributed by atoms with Gasteiger partial charge in [-0.25, -0.2) is 4.79 Å². The molecule has 0 spiro atoms. The number of hydrogen-bond donors (Lipinski definition) is 3. The summed E-state index contributed by atoms with van der Waals surface area (Å²) in [6, 6.07) is 0. The average Bonchev–Trinajstić information content (AvgIpc) is 2.09. The van der Waals surface area contributed by atoms with E-state index in [0.717, 1.165) is 19.3 Å². The molecule has 0 aromatic heterocycles. The molecule has 4 heteroatoms. The SMILES string of the molecule is CCC1(NC(=O)O)CCC(O)CC1. The molecular formula is C9H17NO3. The van der Waals surface area contributed by atoms with Crippen LogP contribution in [0.3, 0.4) is 0 Å². The summed E-state index contributed by atoms with van der Waals surface area (Å²) in [5.74, 6) is 0. The van der Waals surface area contributed by atoms with Crippen LogP contribution in [0.15, 0.2) is 0 Å². The maximum Gasteiger partial charge on any atom is 0.405 e. The van der Waals surface area contributed by atoms with Crippen molar-refractivity contribution < 1.29 is 15.0 Å². The second-order valence-corrected chi connectivity index (χ2v) is 3.80. The molecule has 1 saturated carbocycles. The molecule has 13 heavy (non-hydrogen) atoms.